The Morgan fingerprint density at radius 1 is 1.10 bits per heavy atom. The summed E-state index contributed by atoms with van der Waals surface area (Å²) in [6, 6.07) is 13.6. The van der Waals surface area contributed by atoms with E-state index in [1.54, 1.807) is 0 Å². The number of fused-ring (bicyclic) bond motifs is 1. The van der Waals surface area contributed by atoms with E-state index in [1.807, 2.05) is 18.2 Å². The van der Waals surface area contributed by atoms with Crippen LogP contribution in [0.15, 0.2) is 53.4 Å². The molecule has 2 N–H and O–H groups in total. The van der Waals surface area contributed by atoms with Gasteiger partial charge in [-0.3, -0.25) is 0 Å². The van der Waals surface area contributed by atoms with Crippen molar-refractivity contribution in [3.8, 4) is 5.75 Å². The molecule has 2 aromatic carbocycles. The van der Waals surface area contributed by atoms with Crippen LogP contribution in [0.1, 0.15) is 17.0 Å². The smallest absolute Gasteiger partial charge is 0.240 e. The molecule has 20 heavy (non-hydrogen) atoms. The van der Waals surface area contributed by atoms with Gasteiger partial charge >= 0.3 is 0 Å². The SMILES string of the molecule is O=S(=O)(NCC1Cc2ccccc21)c1ccc(O)cc1. The van der Waals surface area contributed by atoms with Crippen LogP contribution in [0.25, 0.3) is 0 Å². The lowest BCUT2D eigenvalue weighted by Crippen LogP contribution is -2.33. The molecule has 0 heterocycles. The molecule has 1 aliphatic carbocycles. The molecule has 0 radical (unpaired) electrons. The van der Waals surface area contributed by atoms with Crippen LogP contribution < -0.4 is 4.72 Å². The van der Waals surface area contributed by atoms with Crippen molar-refractivity contribution in [3.05, 3.63) is 59.7 Å². The number of phenols is 1. The van der Waals surface area contributed by atoms with Crippen molar-refractivity contribution in [2.45, 2.75) is 17.2 Å². The average molecular weight is 289 g/mol. The van der Waals surface area contributed by atoms with Crippen LogP contribution in [0.2, 0.25) is 0 Å². The molecule has 4 nitrogen and oxygen atoms in total. The summed E-state index contributed by atoms with van der Waals surface area (Å²) in [6.45, 7) is 0.403. The third-order valence-electron chi connectivity index (χ3n) is 3.63. The Labute approximate surface area is 118 Å². The summed E-state index contributed by atoms with van der Waals surface area (Å²) in [5, 5.41) is 9.18. The van der Waals surface area contributed by atoms with E-state index in [-0.39, 0.29) is 16.6 Å². The zero-order valence-electron chi connectivity index (χ0n) is 10.8. The number of sulfonamides is 1. The molecular formula is C15H15NO3S. The summed E-state index contributed by atoms with van der Waals surface area (Å²) in [5.41, 5.74) is 2.52. The Balaban J connectivity index is 1.68. The molecule has 5 heteroatoms. The summed E-state index contributed by atoms with van der Waals surface area (Å²) in [7, 11) is -3.51. The predicted octanol–water partition coefficient (Wildman–Crippen LogP) is 2.01. The van der Waals surface area contributed by atoms with E-state index in [4.69, 9.17) is 0 Å². The number of nitrogens with one attached hydrogen (secondary N) is 1. The Morgan fingerprint density at radius 2 is 1.80 bits per heavy atom. The van der Waals surface area contributed by atoms with Crippen molar-refractivity contribution >= 4 is 10.0 Å². The minimum Gasteiger partial charge on any atom is -0.508 e. The minimum absolute atomic E-state index is 0.0527. The van der Waals surface area contributed by atoms with E-state index in [9.17, 15) is 13.5 Å². The number of hydrogen-bond donors (Lipinski definition) is 2. The summed E-state index contributed by atoms with van der Waals surface area (Å²) in [4.78, 5) is 0.169. The summed E-state index contributed by atoms with van der Waals surface area (Å²) in [6.07, 6.45) is 0.911. The van der Waals surface area contributed by atoms with Gasteiger partial charge < -0.3 is 5.11 Å². The molecule has 104 valence electrons. The molecule has 1 atom stereocenters. The fourth-order valence-corrected chi connectivity index (χ4v) is 3.55. The van der Waals surface area contributed by atoms with Gasteiger partial charge in [0, 0.05) is 12.5 Å². The van der Waals surface area contributed by atoms with Crippen molar-refractivity contribution in [1.82, 2.24) is 4.72 Å². The molecule has 0 spiro atoms. The average Bonchev–Trinajstić information content (AvgIpc) is 2.40. The Morgan fingerprint density at radius 3 is 2.50 bits per heavy atom. The van der Waals surface area contributed by atoms with Crippen LogP contribution >= 0.6 is 0 Å². The first kappa shape index (κ1) is 13.1. The topological polar surface area (TPSA) is 66.4 Å². The quantitative estimate of drug-likeness (QED) is 0.905. The van der Waals surface area contributed by atoms with E-state index >= 15 is 0 Å². The van der Waals surface area contributed by atoms with Gasteiger partial charge in [-0.1, -0.05) is 24.3 Å². The Kier molecular flexibility index (Phi) is 3.23. The first-order valence-electron chi connectivity index (χ1n) is 6.43. The van der Waals surface area contributed by atoms with E-state index in [0.29, 0.717) is 6.54 Å². The van der Waals surface area contributed by atoms with Gasteiger partial charge in [0.15, 0.2) is 0 Å². The largest absolute Gasteiger partial charge is 0.508 e. The van der Waals surface area contributed by atoms with Crippen molar-refractivity contribution in [2.75, 3.05) is 6.54 Å². The summed E-state index contributed by atoms with van der Waals surface area (Å²) in [5.74, 6) is 0.301. The predicted molar refractivity (Wildman–Crippen MR) is 76.2 cm³/mol. The van der Waals surface area contributed by atoms with Crippen molar-refractivity contribution < 1.29 is 13.5 Å². The zero-order valence-corrected chi connectivity index (χ0v) is 11.6. The van der Waals surface area contributed by atoms with Gasteiger partial charge in [0.25, 0.3) is 0 Å². The molecule has 2 aromatic rings. The normalized spacial score (nSPS) is 17.3. The lowest BCUT2D eigenvalue weighted by molar-refractivity contribution is 0.474. The van der Waals surface area contributed by atoms with Crippen LogP contribution in [0.4, 0.5) is 0 Å². The zero-order chi connectivity index (χ0) is 14.2. The van der Waals surface area contributed by atoms with E-state index < -0.39 is 10.0 Å². The molecule has 0 amide bonds. The van der Waals surface area contributed by atoms with Gasteiger partial charge in [0.1, 0.15) is 5.75 Å². The number of hydrogen-bond acceptors (Lipinski definition) is 3. The standard InChI is InChI=1S/C15H15NO3S/c17-13-5-7-14(8-6-13)20(18,19)16-10-12-9-11-3-1-2-4-15(11)12/h1-8,12,16-17H,9-10H2. The molecule has 0 saturated carbocycles. The van der Waals surface area contributed by atoms with Gasteiger partial charge in [-0.25, -0.2) is 13.1 Å². The second-order valence-electron chi connectivity index (χ2n) is 4.95. The van der Waals surface area contributed by atoms with Crippen molar-refractivity contribution in [2.24, 2.45) is 0 Å². The van der Waals surface area contributed by atoms with Gasteiger partial charge in [0.05, 0.1) is 4.90 Å². The maximum absolute atomic E-state index is 12.1. The summed E-state index contributed by atoms with van der Waals surface area (Å²) < 4.78 is 26.8. The van der Waals surface area contributed by atoms with Crippen molar-refractivity contribution in [3.63, 3.8) is 0 Å². The number of benzene rings is 2. The molecule has 0 saturated heterocycles. The van der Waals surface area contributed by atoms with Crippen LogP contribution in [-0.4, -0.2) is 20.1 Å². The molecule has 0 fully saturated rings. The molecule has 0 aromatic heterocycles. The lowest BCUT2D eigenvalue weighted by Gasteiger charge is -2.30. The van der Waals surface area contributed by atoms with E-state index in [0.717, 1.165) is 6.42 Å². The van der Waals surface area contributed by atoms with Gasteiger partial charge in [-0.15, -0.1) is 0 Å². The molecule has 1 aliphatic rings. The monoisotopic (exact) mass is 289 g/mol. The molecule has 0 bridgehead atoms. The van der Waals surface area contributed by atoms with E-state index in [2.05, 4.69) is 10.8 Å². The highest BCUT2D eigenvalue weighted by Gasteiger charge is 2.26. The van der Waals surface area contributed by atoms with Gasteiger partial charge in [0.2, 0.25) is 10.0 Å². The van der Waals surface area contributed by atoms with Crippen LogP contribution in [0.3, 0.4) is 0 Å². The molecule has 1 unspecified atom stereocenters. The number of rotatable bonds is 4. The maximum atomic E-state index is 12.1. The third-order valence-corrected chi connectivity index (χ3v) is 5.07. The van der Waals surface area contributed by atoms with Gasteiger partial charge in [-0.2, -0.15) is 0 Å². The van der Waals surface area contributed by atoms with Crippen LogP contribution in [0.5, 0.6) is 5.75 Å². The first-order chi connectivity index (χ1) is 9.56. The Hall–Kier alpha value is -1.85. The van der Waals surface area contributed by atoms with Crippen LogP contribution in [-0.2, 0) is 16.4 Å². The fourth-order valence-electron chi connectivity index (χ4n) is 2.46. The maximum Gasteiger partial charge on any atom is 0.240 e. The summed E-state index contributed by atoms with van der Waals surface area (Å²) >= 11 is 0. The highest BCUT2D eigenvalue weighted by atomic mass is 32.2. The second kappa shape index (κ2) is 4.92. The number of aromatic hydroxyl groups is 1. The number of phenolic OH excluding ortho intramolecular Hbond substituents is 1. The lowest BCUT2D eigenvalue weighted by atomic mass is 9.78. The molecular weight excluding hydrogens is 274 g/mol. The third kappa shape index (κ3) is 2.42. The minimum atomic E-state index is -3.51. The molecule has 3 rings (SSSR count). The second-order valence-corrected chi connectivity index (χ2v) is 6.71. The first-order valence-corrected chi connectivity index (χ1v) is 7.91. The van der Waals surface area contributed by atoms with Gasteiger partial charge in [-0.05, 0) is 41.8 Å². The van der Waals surface area contributed by atoms with Crippen LogP contribution in [0, 0.1) is 0 Å². The highest BCUT2D eigenvalue weighted by molar-refractivity contribution is 7.89. The van der Waals surface area contributed by atoms with E-state index in [1.165, 1.54) is 35.4 Å². The highest BCUT2D eigenvalue weighted by Crippen LogP contribution is 2.34. The van der Waals surface area contributed by atoms with Crippen molar-refractivity contribution in [1.29, 1.82) is 0 Å². The Bertz CT molecular complexity index is 723. The fraction of sp³-hybridized carbons (Fsp3) is 0.200. The molecule has 0 aliphatic heterocycles.